The first kappa shape index (κ1) is 33.7. The SMILES string of the molecule is CNC(=O)C(NC(=O)C(CC(F)(F)F)c1ccc2[nH]c(C(NC(=O)c3nonc3C)C3CCC(F)(F)CC3)nc2c1F)C(C)C. The third kappa shape index (κ3) is 7.73. The van der Waals surface area contributed by atoms with Gasteiger partial charge in [0.1, 0.15) is 23.1 Å². The van der Waals surface area contributed by atoms with Gasteiger partial charge in [0.05, 0.1) is 23.9 Å². The van der Waals surface area contributed by atoms with Crippen LogP contribution < -0.4 is 16.0 Å². The number of likely N-dealkylation sites (N-methyl/N-ethyl adjacent to an activating group) is 1. The van der Waals surface area contributed by atoms with E-state index in [0.29, 0.717) is 0 Å². The number of nitrogens with one attached hydrogen (secondary N) is 4. The van der Waals surface area contributed by atoms with Crippen molar-refractivity contribution in [3.05, 3.63) is 40.7 Å². The second-order valence-corrected chi connectivity index (χ2v) is 11.5. The zero-order valence-corrected chi connectivity index (χ0v) is 24.8. The lowest BCUT2D eigenvalue weighted by molar-refractivity contribution is -0.149. The van der Waals surface area contributed by atoms with Gasteiger partial charge in [-0.3, -0.25) is 14.4 Å². The number of imidazole rings is 1. The Bertz CT molecular complexity index is 1540. The highest BCUT2D eigenvalue weighted by Crippen LogP contribution is 2.42. The number of rotatable bonds is 10. The van der Waals surface area contributed by atoms with Crippen LogP contribution >= 0.6 is 0 Å². The molecule has 0 spiro atoms. The number of hydrogen-bond donors (Lipinski definition) is 4. The highest BCUT2D eigenvalue weighted by Gasteiger charge is 2.41. The molecule has 1 fully saturated rings. The average molecular weight is 646 g/mol. The molecule has 1 aliphatic carbocycles. The van der Waals surface area contributed by atoms with E-state index in [1.807, 2.05) is 0 Å². The van der Waals surface area contributed by atoms with Crippen molar-refractivity contribution in [3.63, 3.8) is 0 Å². The number of benzene rings is 1. The number of carbonyl (C=O) groups excluding carboxylic acids is 3. The maximum atomic E-state index is 16.0. The largest absolute Gasteiger partial charge is 0.390 e. The van der Waals surface area contributed by atoms with Crippen LogP contribution in [0.3, 0.4) is 0 Å². The molecule has 3 unspecified atom stereocenters. The number of amides is 3. The summed E-state index contributed by atoms with van der Waals surface area (Å²) in [5.74, 6) is -9.89. The first-order valence-electron chi connectivity index (χ1n) is 14.3. The lowest BCUT2D eigenvalue weighted by atomic mass is 9.81. The zero-order valence-electron chi connectivity index (χ0n) is 24.8. The van der Waals surface area contributed by atoms with Crippen LogP contribution in [-0.4, -0.2) is 63.2 Å². The number of halogens is 6. The molecule has 246 valence electrons. The van der Waals surface area contributed by atoms with Gasteiger partial charge in [-0.05, 0) is 42.8 Å². The molecule has 0 aliphatic heterocycles. The van der Waals surface area contributed by atoms with E-state index in [0.717, 1.165) is 6.07 Å². The summed E-state index contributed by atoms with van der Waals surface area (Å²) >= 11 is 0. The summed E-state index contributed by atoms with van der Waals surface area (Å²) < 4.78 is 89.4. The summed E-state index contributed by atoms with van der Waals surface area (Å²) in [7, 11) is 1.30. The summed E-state index contributed by atoms with van der Waals surface area (Å²) in [5, 5.41) is 14.4. The van der Waals surface area contributed by atoms with Gasteiger partial charge in [-0.25, -0.2) is 22.8 Å². The number of H-pyrrole nitrogens is 1. The quantitative estimate of drug-likeness (QED) is 0.235. The molecule has 11 nitrogen and oxygen atoms in total. The Morgan fingerprint density at radius 1 is 1.09 bits per heavy atom. The van der Waals surface area contributed by atoms with Gasteiger partial charge in [0.15, 0.2) is 11.5 Å². The number of alkyl halides is 5. The normalized spacial score (nSPS) is 17.6. The van der Waals surface area contributed by atoms with Crippen molar-refractivity contribution in [1.82, 2.24) is 36.2 Å². The third-order valence-corrected chi connectivity index (χ3v) is 7.94. The van der Waals surface area contributed by atoms with Crippen molar-refractivity contribution in [3.8, 4) is 0 Å². The maximum Gasteiger partial charge on any atom is 0.390 e. The molecule has 1 aromatic carbocycles. The number of aryl methyl sites for hydroxylation is 1. The molecule has 4 N–H and O–H groups in total. The van der Waals surface area contributed by atoms with Crippen molar-refractivity contribution in [2.24, 2.45) is 11.8 Å². The minimum atomic E-state index is -4.88. The van der Waals surface area contributed by atoms with Crippen molar-refractivity contribution >= 4 is 28.8 Å². The summed E-state index contributed by atoms with van der Waals surface area (Å²) in [5.41, 5.74) is -1.01. The van der Waals surface area contributed by atoms with Crippen LogP contribution in [0.15, 0.2) is 16.8 Å². The van der Waals surface area contributed by atoms with Gasteiger partial charge < -0.3 is 20.9 Å². The summed E-state index contributed by atoms with van der Waals surface area (Å²) in [6, 6.07) is 0.0181. The molecule has 17 heteroatoms. The molecule has 2 heterocycles. The lowest BCUT2D eigenvalue weighted by Crippen LogP contribution is -2.50. The Hall–Kier alpha value is -4.18. The van der Waals surface area contributed by atoms with E-state index in [1.54, 1.807) is 13.8 Å². The smallest absolute Gasteiger partial charge is 0.357 e. The highest BCUT2D eigenvalue weighted by molar-refractivity contribution is 5.93. The number of nitrogens with zero attached hydrogens (tertiary/aromatic N) is 3. The van der Waals surface area contributed by atoms with E-state index in [1.165, 1.54) is 20.0 Å². The van der Waals surface area contributed by atoms with Crippen molar-refractivity contribution in [2.45, 2.75) is 83.0 Å². The number of aromatic nitrogens is 4. The van der Waals surface area contributed by atoms with Crippen LogP contribution in [0.4, 0.5) is 26.3 Å². The van der Waals surface area contributed by atoms with Gasteiger partial charge in [-0.15, -0.1) is 0 Å². The van der Waals surface area contributed by atoms with Crippen LogP contribution in [0.25, 0.3) is 11.0 Å². The molecule has 2 aromatic heterocycles. The molecule has 0 saturated heterocycles. The van der Waals surface area contributed by atoms with Gasteiger partial charge in [0.25, 0.3) is 5.91 Å². The molecule has 1 aliphatic rings. The zero-order chi connectivity index (χ0) is 33.3. The fraction of sp³-hybridized carbons (Fsp3) is 0.571. The Kier molecular flexibility index (Phi) is 9.77. The third-order valence-electron chi connectivity index (χ3n) is 7.94. The minimum absolute atomic E-state index is 0.0189. The molecule has 0 radical (unpaired) electrons. The predicted molar refractivity (Wildman–Crippen MR) is 146 cm³/mol. The standard InChI is InChI=1S/C28H33F6N7O4/c1-12(2)19(25(43)35-4)38-24(42)16(11-28(32,33)34)15-5-6-17-22(18(15)29)37-23(36-17)21(14-7-9-27(30,31)10-8-14)39-26(44)20-13(3)40-45-41-20/h5-6,12,14,16,19,21H,7-11H2,1-4H3,(H,35,43)(H,36,37)(H,38,42)(H,39,44). The lowest BCUT2D eigenvalue weighted by Gasteiger charge is -2.33. The number of hydrogen-bond acceptors (Lipinski definition) is 7. The topological polar surface area (TPSA) is 155 Å². The van der Waals surface area contributed by atoms with E-state index in [-0.39, 0.29) is 35.6 Å². The number of aromatic amines is 1. The number of carbonyl (C=O) groups is 3. The van der Waals surface area contributed by atoms with Gasteiger partial charge >= 0.3 is 6.18 Å². The van der Waals surface area contributed by atoms with E-state index >= 15 is 4.39 Å². The van der Waals surface area contributed by atoms with Crippen LogP contribution in [0.5, 0.6) is 0 Å². The van der Waals surface area contributed by atoms with Gasteiger partial charge in [0, 0.05) is 25.5 Å². The van der Waals surface area contributed by atoms with E-state index < -0.39 is 95.8 Å². The van der Waals surface area contributed by atoms with Gasteiger partial charge in [-0.1, -0.05) is 25.1 Å². The fourth-order valence-corrected chi connectivity index (χ4v) is 5.47. The predicted octanol–water partition coefficient (Wildman–Crippen LogP) is 4.61. The molecule has 0 bridgehead atoms. The van der Waals surface area contributed by atoms with Crippen LogP contribution in [-0.2, 0) is 9.59 Å². The molecular formula is C28H33F6N7O4. The fourth-order valence-electron chi connectivity index (χ4n) is 5.47. The van der Waals surface area contributed by atoms with E-state index in [9.17, 15) is 36.3 Å². The Morgan fingerprint density at radius 2 is 1.76 bits per heavy atom. The van der Waals surface area contributed by atoms with Gasteiger partial charge in [-0.2, -0.15) is 13.2 Å². The Morgan fingerprint density at radius 3 is 2.31 bits per heavy atom. The van der Waals surface area contributed by atoms with E-state index in [4.69, 9.17) is 0 Å². The molecule has 3 amide bonds. The molecule has 1 saturated carbocycles. The van der Waals surface area contributed by atoms with Gasteiger partial charge in [0.2, 0.25) is 17.7 Å². The van der Waals surface area contributed by atoms with Crippen molar-refractivity contribution in [1.29, 1.82) is 0 Å². The van der Waals surface area contributed by atoms with Crippen LogP contribution in [0.1, 0.15) is 85.5 Å². The molecule has 3 atom stereocenters. The van der Waals surface area contributed by atoms with Crippen LogP contribution in [0.2, 0.25) is 0 Å². The second kappa shape index (κ2) is 13.0. The second-order valence-electron chi connectivity index (χ2n) is 11.5. The first-order chi connectivity index (χ1) is 21.0. The maximum absolute atomic E-state index is 16.0. The number of fused-ring (bicyclic) bond motifs is 1. The van der Waals surface area contributed by atoms with E-state index in [2.05, 4.69) is 40.9 Å². The van der Waals surface area contributed by atoms with Crippen LogP contribution in [0, 0.1) is 24.6 Å². The highest BCUT2D eigenvalue weighted by atomic mass is 19.4. The molecule has 3 aromatic rings. The molecule has 4 rings (SSSR count). The Balaban J connectivity index is 1.73. The minimum Gasteiger partial charge on any atom is -0.357 e. The first-order valence-corrected chi connectivity index (χ1v) is 14.3. The average Bonchev–Trinajstić information content (AvgIpc) is 3.59. The molecular weight excluding hydrogens is 612 g/mol. The Labute approximate surface area is 253 Å². The summed E-state index contributed by atoms with van der Waals surface area (Å²) in [6.45, 7) is 4.63. The molecule has 45 heavy (non-hydrogen) atoms. The van der Waals surface area contributed by atoms with Crippen molar-refractivity contribution < 1.29 is 45.4 Å². The monoisotopic (exact) mass is 645 g/mol. The summed E-state index contributed by atoms with van der Waals surface area (Å²) in [6.07, 6.45) is -7.57. The summed E-state index contributed by atoms with van der Waals surface area (Å²) in [4.78, 5) is 45.5. The van der Waals surface area contributed by atoms with Crippen molar-refractivity contribution in [2.75, 3.05) is 7.05 Å².